The molecule has 0 amide bonds. The smallest absolute Gasteiger partial charge is 0.150 e. The number of carbonyl (C=O) groups is 1. The van der Waals surface area contributed by atoms with Crippen molar-refractivity contribution < 1.29 is 9.63 Å². The summed E-state index contributed by atoms with van der Waals surface area (Å²) in [7, 11) is 0. The predicted octanol–water partition coefficient (Wildman–Crippen LogP) is -0.543. The summed E-state index contributed by atoms with van der Waals surface area (Å²) >= 11 is 0. The third-order valence-corrected chi connectivity index (χ3v) is 1.19. The molecule has 0 aromatic rings. The van der Waals surface area contributed by atoms with Crippen molar-refractivity contribution in [2.75, 3.05) is 13.2 Å². The summed E-state index contributed by atoms with van der Waals surface area (Å²) in [5.74, 6) is 5.36. The zero-order valence-corrected chi connectivity index (χ0v) is 5.17. The molecule has 0 aromatic carbocycles. The second kappa shape index (κ2) is 2.91. The molecule has 0 aromatic heterocycles. The molecular weight excluding hydrogens is 120 g/mol. The summed E-state index contributed by atoms with van der Waals surface area (Å²) in [5.41, 5.74) is 0. The minimum Gasteiger partial charge on any atom is -0.298 e. The van der Waals surface area contributed by atoms with Crippen LogP contribution in [0.25, 0.3) is 0 Å². The van der Waals surface area contributed by atoms with Crippen LogP contribution in [0.1, 0.15) is 12.8 Å². The molecule has 2 N–H and O–H groups in total. The molecule has 0 atom stereocenters. The van der Waals surface area contributed by atoms with Crippen molar-refractivity contribution in [2.45, 2.75) is 12.8 Å². The van der Waals surface area contributed by atoms with Crippen molar-refractivity contribution in [1.29, 1.82) is 0 Å². The first-order valence-corrected chi connectivity index (χ1v) is 2.96. The van der Waals surface area contributed by atoms with Gasteiger partial charge >= 0.3 is 0 Å². The Morgan fingerprint density at radius 3 is 3.22 bits per heavy atom. The number of hydrogen-bond donors (Lipinski definition) is 1. The highest BCUT2D eigenvalue weighted by atomic mass is 16.7. The fourth-order valence-electron chi connectivity index (χ4n) is 0.750. The fourth-order valence-corrected chi connectivity index (χ4v) is 0.750. The summed E-state index contributed by atoms with van der Waals surface area (Å²) in [6, 6.07) is 0. The SMILES string of the molecule is NN1CC(=O)CCCO1. The van der Waals surface area contributed by atoms with E-state index in [-0.39, 0.29) is 12.3 Å². The van der Waals surface area contributed by atoms with E-state index in [4.69, 9.17) is 10.7 Å². The van der Waals surface area contributed by atoms with Crippen molar-refractivity contribution in [3.63, 3.8) is 0 Å². The van der Waals surface area contributed by atoms with E-state index in [1.807, 2.05) is 0 Å². The Labute approximate surface area is 53.5 Å². The van der Waals surface area contributed by atoms with Crippen molar-refractivity contribution >= 4 is 5.78 Å². The zero-order valence-electron chi connectivity index (χ0n) is 5.17. The average Bonchev–Trinajstić information content (AvgIpc) is 1.93. The molecule has 0 bridgehead atoms. The molecule has 1 aliphatic heterocycles. The highest BCUT2D eigenvalue weighted by Crippen LogP contribution is 1.99. The maximum Gasteiger partial charge on any atom is 0.150 e. The fraction of sp³-hybridized carbons (Fsp3) is 0.800. The van der Waals surface area contributed by atoms with Gasteiger partial charge in [-0.2, -0.15) is 0 Å². The molecule has 1 aliphatic rings. The van der Waals surface area contributed by atoms with Crippen molar-refractivity contribution in [2.24, 2.45) is 5.84 Å². The van der Waals surface area contributed by atoms with Gasteiger partial charge in [0.1, 0.15) is 0 Å². The van der Waals surface area contributed by atoms with Gasteiger partial charge in [-0.15, -0.1) is 5.17 Å². The third-order valence-electron chi connectivity index (χ3n) is 1.19. The van der Waals surface area contributed by atoms with Crippen molar-refractivity contribution in [3.05, 3.63) is 0 Å². The molecule has 4 heteroatoms. The van der Waals surface area contributed by atoms with Gasteiger partial charge in [-0.05, 0) is 6.42 Å². The molecule has 1 heterocycles. The van der Waals surface area contributed by atoms with Crippen LogP contribution in [0.15, 0.2) is 0 Å². The number of nitrogens with two attached hydrogens (primary N) is 1. The minimum absolute atomic E-state index is 0.148. The van der Waals surface area contributed by atoms with E-state index in [0.717, 1.165) is 11.6 Å². The molecule has 0 spiro atoms. The molecule has 9 heavy (non-hydrogen) atoms. The van der Waals surface area contributed by atoms with Crippen LogP contribution in [0.3, 0.4) is 0 Å². The summed E-state index contributed by atoms with van der Waals surface area (Å²) in [6.07, 6.45) is 1.38. The van der Waals surface area contributed by atoms with Gasteiger partial charge in [-0.3, -0.25) is 9.63 Å². The van der Waals surface area contributed by atoms with E-state index < -0.39 is 0 Å². The molecule has 1 rings (SSSR count). The number of nitrogens with zero attached hydrogens (tertiary/aromatic N) is 1. The maximum absolute atomic E-state index is 10.7. The Balaban J connectivity index is 2.37. The van der Waals surface area contributed by atoms with Gasteiger partial charge in [-0.1, -0.05) is 0 Å². The van der Waals surface area contributed by atoms with Gasteiger partial charge in [0, 0.05) is 6.42 Å². The van der Waals surface area contributed by atoms with E-state index in [2.05, 4.69) is 0 Å². The molecule has 0 aliphatic carbocycles. The molecule has 0 radical (unpaired) electrons. The van der Waals surface area contributed by atoms with Crippen LogP contribution in [-0.2, 0) is 9.63 Å². The highest BCUT2D eigenvalue weighted by Gasteiger charge is 2.11. The molecule has 52 valence electrons. The summed E-state index contributed by atoms with van der Waals surface area (Å²) in [5, 5.41) is 1.09. The van der Waals surface area contributed by atoms with Crippen LogP contribution in [-0.4, -0.2) is 24.1 Å². The number of ketones is 1. The van der Waals surface area contributed by atoms with Gasteiger partial charge in [0.05, 0.1) is 13.2 Å². The molecule has 0 saturated carbocycles. The topological polar surface area (TPSA) is 55.6 Å². The second-order valence-corrected chi connectivity index (χ2v) is 2.05. The van der Waals surface area contributed by atoms with Gasteiger partial charge in [0.25, 0.3) is 0 Å². The monoisotopic (exact) mass is 130 g/mol. The molecule has 0 unspecified atom stereocenters. The molecule has 1 fully saturated rings. The Bertz CT molecular complexity index is 116. The van der Waals surface area contributed by atoms with Gasteiger partial charge in [0.15, 0.2) is 5.78 Å². The maximum atomic E-state index is 10.7. The first-order chi connectivity index (χ1) is 4.29. The lowest BCUT2D eigenvalue weighted by Crippen LogP contribution is -2.33. The molecular formula is C5H10N2O2. The van der Waals surface area contributed by atoms with Gasteiger partial charge in [-0.25, -0.2) is 5.84 Å². The van der Waals surface area contributed by atoms with Crippen molar-refractivity contribution in [1.82, 2.24) is 5.17 Å². The first-order valence-electron chi connectivity index (χ1n) is 2.96. The van der Waals surface area contributed by atoms with Gasteiger partial charge < -0.3 is 0 Å². The lowest BCUT2D eigenvalue weighted by molar-refractivity contribution is -0.160. The molecule has 1 saturated heterocycles. The molecule has 4 nitrogen and oxygen atoms in total. The van der Waals surface area contributed by atoms with Crippen LogP contribution < -0.4 is 5.84 Å². The number of hydrazine groups is 1. The summed E-state index contributed by atoms with van der Waals surface area (Å²) in [6.45, 7) is 0.780. The van der Waals surface area contributed by atoms with E-state index in [9.17, 15) is 4.79 Å². The van der Waals surface area contributed by atoms with Crippen LogP contribution in [0.5, 0.6) is 0 Å². The first kappa shape index (κ1) is 6.67. The number of carbonyl (C=O) groups excluding carboxylic acids is 1. The van der Waals surface area contributed by atoms with Crippen LogP contribution in [0.4, 0.5) is 0 Å². The van der Waals surface area contributed by atoms with Crippen LogP contribution in [0, 0.1) is 0 Å². The Hall–Kier alpha value is -0.450. The quantitative estimate of drug-likeness (QED) is 0.447. The second-order valence-electron chi connectivity index (χ2n) is 2.05. The standard InChI is InChI=1S/C5H10N2O2/c6-7-4-5(8)2-1-3-9-7/h1-4,6H2. The van der Waals surface area contributed by atoms with Crippen molar-refractivity contribution in [3.8, 4) is 0 Å². The largest absolute Gasteiger partial charge is 0.298 e. The third kappa shape index (κ3) is 2.09. The highest BCUT2D eigenvalue weighted by molar-refractivity contribution is 5.80. The number of rotatable bonds is 0. The average molecular weight is 130 g/mol. The normalized spacial score (nSPS) is 23.9. The van der Waals surface area contributed by atoms with E-state index in [1.54, 1.807) is 0 Å². The number of hydroxylamine groups is 1. The lowest BCUT2D eigenvalue weighted by Gasteiger charge is -2.09. The van der Waals surface area contributed by atoms with E-state index >= 15 is 0 Å². The van der Waals surface area contributed by atoms with Crippen LogP contribution >= 0.6 is 0 Å². The Morgan fingerprint density at radius 2 is 2.44 bits per heavy atom. The van der Waals surface area contributed by atoms with Crippen LogP contribution in [0.2, 0.25) is 0 Å². The summed E-state index contributed by atoms with van der Waals surface area (Å²) < 4.78 is 0. The summed E-state index contributed by atoms with van der Waals surface area (Å²) in [4.78, 5) is 15.6. The predicted molar refractivity (Wildman–Crippen MR) is 31.1 cm³/mol. The lowest BCUT2D eigenvalue weighted by atomic mass is 10.2. The number of Topliss-reactive ketones (excluding diaryl/α,β-unsaturated/α-hetero) is 1. The van der Waals surface area contributed by atoms with Gasteiger partial charge in [0.2, 0.25) is 0 Å². The minimum atomic E-state index is 0.148. The zero-order chi connectivity index (χ0) is 6.69. The van der Waals surface area contributed by atoms with E-state index in [1.165, 1.54) is 0 Å². The number of hydrogen-bond acceptors (Lipinski definition) is 4. The Morgan fingerprint density at radius 1 is 1.67 bits per heavy atom. The Kier molecular flexibility index (Phi) is 2.16. The van der Waals surface area contributed by atoms with E-state index in [0.29, 0.717) is 13.0 Å².